The molecule has 2 heterocycles. The molecule has 0 spiro atoms. The molecule has 2 rings (SSSR count). The quantitative estimate of drug-likeness (QED) is 0.623. The molecule has 0 atom stereocenters. The minimum atomic E-state index is -0.886. The van der Waals surface area contributed by atoms with Crippen LogP contribution in [0.2, 0.25) is 4.34 Å². The summed E-state index contributed by atoms with van der Waals surface area (Å²) in [4.78, 5) is 34.8. The predicted octanol–water partition coefficient (Wildman–Crippen LogP) is 0.980. The Labute approximate surface area is 93.6 Å². The normalized spacial score (nSPS) is 16.1. The molecule has 0 bridgehead atoms. The molecular formula is C8H5ClN2O3S. The molecule has 7 heteroatoms. The van der Waals surface area contributed by atoms with Gasteiger partial charge in [-0.3, -0.25) is 19.8 Å². The standard InChI is InChI=1S/C8H5ClN2O3S/c9-5-2-1-4(15-5)3-11-7(13)6(12)10-8(11)14/h1-2H,3H2,(H,10,12,14). The molecular weight excluding hydrogens is 240 g/mol. The van der Waals surface area contributed by atoms with Gasteiger partial charge < -0.3 is 0 Å². The maximum atomic E-state index is 11.2. The van der Waals surface area contributed by atoms with Crippen molar-refractivity contribution in [3.63, 3.8) is 0 Å². The predicted molar refractivity (Wildman–Crippen MR) is 53.4 cm³/mol. The Bertz CT molecular complexity index is 456. The van der Waals surface area contributed by atoms with Crippen molar-refractivity contribution in [2.75, 3.05) is 0 Å². The third-order valence-electron chi connectivity index (χ3n) is 1.85. The van der Waals surface area contributed by atoms with Crippen LogP contribution in [0.15, 0.2) is 12.1 Å². The highest BCUT2D eigenvalue weighted by atomic mass is 35.5. The molecule has 5 nitrogen and oxygen atoms in total. The lowest BCUT2D eigenvalue weighted by Crippen LogP contribution is -2.29. The molecule has 1 aliphatic rings. The van der Waals surface area contributed by atoms with Gasteiger partial charge in [0.1, 0.15) is 0 Å². The van der Waals surface area contributed by atoms with E-state index in [1.54, 1.807) is 12.1 Å². The van der Waals surface area contributed by atoms with Crippen LogP contribution in [-0.2, 0) is 16.1 Å². The number of hydrogen-bond acceptors (Lipinski definition) is 4. The molecule has 1 fully saturated rings. The minimum Gasteiger partial charge on any atom is -0.269 e. The van der Waals surface area contributed by atoms with Crippen molar-refractivity contribution >= 4 is 40.8 Å². The highest BCUT2D eigenvalue weighted by Gasteiger charge is 2.36. The van der Waals surface area contributed by atoms with Crippen molar-refractivity contribution in [1.82, 2.24) is 10.2 Å². The number of halogens is 1. The summed E-state index contributed by atoms with van der Waals surface area (Å²) in [5.74, 6) is -1.72. The van der Waals surface area contributed by atoms with Crippen molar-refractivity contribution in [3.8, 4) is 0 Å². The van der Waals surface area contributed by atoms with Gasteiger partial charge in [-0.25, -0.2) is 4.79 Å². The molecule has 1 aromatic rings. The first-order valence-electron chi connectivity index (χ1n) is 3.99. The second-order valence-corrected chi connectivity index (χ2v) is 4.66. The van der Waals surface area contributed by atoms with Gasteiger partial charge >= 0.3 is 17.8 Å². The summed E-state index contributed by atoms with van der Waals surface area (Å²) >= 11 is 6.96. The van der Waals surface area contributed by atoms with E-state index in [1.807, 2.05) is 5.32 Å². The van der Waals surface area contributed by atoms with Gasteiger partial charge in [-0.05, 0) is 12.1 Å². The lowest BCUT2D eigenvalue weighted by atomic mass is 10.4. The largest absolute Gasteiger partial charge is 0.331 e. The summed E-state index contributed by atoms with van der Waals surface area (Å²) < 4.78 is 0.573. The van der Waals surface area contributed by atoms with E-state index in [9.17, 15) is 14.4 Å². The average molecular weight is 245 g/mol. The van der Waals surface area contributed by atoms with Gasteiger partial charge in [-0.15, -0.1) is 11.3 Å². The van der Waals surface area contributed by atoms with E-state index < -0.39 is 17.8 Å². The van der Waals surface area contributed by atoms with Crippen LogP contribution in [0, 0.1) is 0 Å². The third kappa shape index (κ3) is 1.86. The number of nitrogens with zero attached hydrogens (tertiary/aromatic N) is 1. The van der Waals surface area contributed by atoms with Crippen molar-refractivity contribution < 1.29 is 14.4 Å². The topological polar surface area (TPSA) is 66.5 Å². The molecule has 0 aromatic carbocycles. The van der Waals surface area contributed by atoms with Crippen molar-refractivity contribution in [2.24, 2.45) is 0 Å². The van der Waals surface area contributed by atoms with E-state index in [1.165, 1.54) is 11.3 Å². The number of amides is 4. The highest BCUT2D eigenvalue weighted by molar-refractivity contribution is 7.16. The molecule has 78 valence electrons. The second-order valence-electron chi connectivity index (χ2n) is 2.86. The first-order chi connectivity index (χ1) is 7.08. The summed E-state index contributed by atoms with van der Waals surface area (Å²) in [6.07, 6.45) is 0. The fourth-order valence-electron chi connectivity index (χ4n) is 1.17. The number of carbonyl (C=O) groups is 3. The highest BCUT2D eigenvalue weighted by Crippen LogP contribution is 2.23. The van der Waals surface area contributed by atoms with Gasteiger partial charge in [-0.1, -0.05) is 11.6 Å². The maximum Gasteiger partial charge on any atom is 0.331 e. The van der Waals surface area contributed by atoms with E-state index in [2.05, 4.69) is 0 Å². The number of thiophene rings is 1. The molecule has 0 unspecified atom stereocenters. The molecule has 1 aliphatic heterocycles. The lowest BCUT2D eigenvalue weighted by Gasteiger charge is -2.08. The van der Waals surface area contributed by atoms with Gasteiger partial charge in [0, 0.05) is 4.88 Å². The van der Waals surface area contributed by atoms with E-state index in [4.69, 9.17) is 11.6 Å². The van der Waals surface area contributed by atoms with Crippen LogP contribution in [0.25, 0.3) is 0 Å². The van der Waals surface area contributed by atoms with Crippen molar-refractivity contribution in [2.45, 2.75) is 6.54 Å². The number of nitrogens with one attached hydrogen (secondary N) is 1. The molecule has 1 aromatic heterocycles. The number of hydrogen-bond donors (Lipinski definition) is 1. The summed E-state index contributed by atoms with van der Waals surface area (Å²) in [5.41, 5.74) is 0. The third-order valence-corrected chi connectivity index (χ3v) is 3.06. The summed E-state index contributed by atoms with van der Waals surface area (Å²) in [7, 11) is 0. The van der Waals surface area contributed by atoms with E-state index >= 15 is 0 Å². The molecule has 4 amide bonds. The van der Waals surface area contributed by atoms with Crippen LogP contribution in [0.1, 0.15) is 4.88 Å². The zero-order valence-electron chi connectivity index (χ0n) is 7.32. The van der Waals surface area contributed by atoms with Crippen LogP contribution >= 0.6 is 22.9 Å². The van der Waals surface area contributed by atoms with Crippen LogP contribution in [-0.4, -0.2) is 22.7 Å². The number of urea groups is 1. The Balaban J connectivity index is 2.16. The zero-order valence-corrected chi connectivity index (χ0v) is 8.89. The Kier molecular flexibility index (Phi) is 2.45. The SMILES string of the molecule is O=C1NC(=O)N(Cc2ccc(Cl)s2)C1=O. The van der Waals surface area contributed by atoms with E-state index in [-0.39, 0.29) is 6.54 Å². The Morgan fingerprint density at radius 2 is 2.07 bits per heavy atom. The van der Waals surface area contributed by atoms with Gasteiger partial charge in [-0.2, -0.15) is 0 Å². The Morgan fingerprint density at radius 1 is 1.33 bits per heavy atom. The molecule has 0 saturated carbocycles. The molecule has 0 aliphatic carbocycles. The molecule has 1 saturated heterocycles. The summed E-state index contributed by atoms with van der Waals surface area (Å²) in [5, 5.41) is 1.91. The number of rotatable bonds is 2. The smallest absolute Gasteiger partial charge is 0.269 e. The van der Waals surface area contributed by atoms with E-state index in [0.717, 1.165) is 9.78 Å². The summed E-state index contributed by atoms with van der Waals surface area (Å²) in [6, 6.07) is 2.69. The fourth-order valence-corrected chi connectivity index (χ4v) is 2.25. The average Bonchev–Trinajstić information content (AvgIpc) is 2.67. The van der Waals surface area contributed by atoms with Gasteiger partial charge in [0.15, 0.2) is 0 Å². The Morgan fingerprint density at radius 3 is 2.53 bits per heavy atom. The van der Waals surface area contributed by atoms with Crippen LogP contribution < -0.4 is 5.32 Å². The Hall–Kier alpha value is -1.40. The fraction of sp³-hybridized carbons (Fsp3) is 0.125. The first kappa shape index (κ1) is 10.1. The van der Waals surface area contributed by atoms with Crippen LogP contribution in [0.3, 0.4) is 0 Å². The zero-order chi connectivity index (χ0) is 11.0. The van der Waals surface area contributed by atoms with Crippen LogP contribution in [0.5, 0.6) is 0 Å². The van der Waals surface area contributed by atoms with Gasteiger partial charge in [0.2, 0.25) is 0 Å². The molecule has 1 N–H and O–H groups in total. The molecule has 15 heavy (non-hydrogen) atoms. The van der Waals surface area contributed by atoms with Gasteiger partial charge in [0.25, 0.3) is 0 Å². The first-order valence-corrected chi connectivity index (χ1v) is 5.18. The summed E-state index contributed by atoms with van der Waals surface area (Å²) in [6.45, 7) is 0.0772. The van der Waals surface area contributed by atoms with Crippen molar-refractivity contribution in [3.05, 3.63) is 21.3 Å². The van der Waals surface area contributed by atoms with Crippen LogP contribution in [0.4, 0.5) is 4.79 Å². The minimum absolute atomic E-state index is 0.0772. The van der Waals surface area contributed by atoms with Gasteiger partial charge in [0.05, 0.1) is 10.9 Å². The maximum absolute atomic E-state index is 11.2. The van der Waals surface area contributed by atoms with Crippen molar-refractivity contribution in [1.29, 1.82) is 0 Å². The molecule has 0 radical (unpaired) electrons. The number of imide groups is 2. The second kappa shape index (κ2) is 3.63. The lowest BCUT2D eigenvalue weighted by molar-refractivity contribution is -0.140. The monoisotopic (exact) mass is 244 g/mol. The van der Waals surface area contributed by atoms with E-state index in [0.29, 0.717) is 4.34 Å². The number of carbonyl (C=O) groups excluding carboxylic acids is 3.